The minimum absolute atomic E-state index is 0.912. The average molecular weight is 485 g/mol. The summed E-state index contributed by atoms with van der Waals surface area (Å²) >= 11 is -2.16. The second-order valence-corrected chi connectivity index (χ2v) is 31.1. The van der Waals surface area contributed by atoms with Crippen molar-refractivity contribution < 1.29 is 0 Å². The normalized spacial score (nSPS) is 18.5. The van der Waals surface area contributed by atoms with Crippen LogP contribution in [0.4, 0.5) is 0 Å². The summed E-state index contributed by atoms with van der Waals surface area (Å²) in [5.74, 6) is 0.912. The molecule has 0 heterocycles. The van der Waals surface area contributed by atoms with Gasteiger partial charge in [-0.3, -0.25) is 0 Å². The molecule has 1 aliphatic carbocycles. The van der Waals surface area contributed by atoms with Gasteiger partial charge in [-0.15, -0.1) is 0 Å². The molecular weight excluding hydrogens is 435 g/mol. The van der Waals surface area contributed by atoms with Crippen molar-refractivity contribution >= 4 is 26.5 Å². The molecule has 0 spiro atoms. The van der Waals surface area contributed by atoms with Crippen LogP contribution in [-0.4, -0.2) is 26.5 Å². The van der Waals surface area contributed by atoms with Gasteiger partial charge in [-0.25, -0.2) is 0 Å². The summed E-state index contributed by atoms with van der Waals surface area (Å²) in [6.07, 6.45) is 21.7. The summed E-state index contributed by atoms with van der Waals surface area (Å²) in [5.41, 5.74) is 0. The SMILES string of the molecule is CCC[CH2][Sn]([CH2]CCC)([CH2]CCC)[CH](/C=C/C1CCCCC1)[Si](C)(C)C. The molecule has 1 aliphatic rings. The molecule has 26 heavy (non-hydrogen) atoms. The molecule has 0 bridgehead atoms. The van der Waals surface area contributed by atoms with Crippen molar-refractivity contribution in [3.05, 3.63) is 12.2 Å². The second kappa shape index (κ2) is 13.1. The molecule has 0 N–H and O–H groups in total. The Balaban J connectivity index is 3.12. The van der Waals surface area contributed by atoms with Gasteiger partial charge in [0.25, 0.3) is 0 Å². The summed E-state index contributed by atoms with van der Waals surface area (Å²) < 4.78 is 6.10. The van der Waals surface area contributed by atoms with Gasteiger partial charge in [-0.1, -0.05) is 0 Å². The number of hydrogen-bond donors (Lipinski definition) is 0. The van der Waals surface area contributed by atoms with Gasteiger partial charge < -0.3 is 0 Å². The van der Waals surface area contributed by atoms with Crippen molar-refractivity contribution in [3.8, 4) is 0 Å². The first-order valence-corrected chi connectivity index (χ1v) is 23.4. The Morgan fingerprint density at radius 1 is 0.808 bits per heavy atom. The molecule has 2 heteroatoms. The van der Waals surface area contributed by atoms with Crippen molar-refractivity contribution in [2.24, 2.45) is 5.92 Å². The molecule has 1 rings (SSSR count). The van der Waals surface area contributed by atoms with Crippen LogP contribution in [0.1, 0.15) is 91.4 Å². The zero-order valence-corrected chi connectivity index (χ0v) is 23.1. The van der Waals surface area contributed by atoms with Crippen LogP contribution in [0, 0.1) is 5.92 Å². The molecule has 1 unspecified atom stereocenters. The summed E-state index contributed by atoms with van der Waals surface area (Å²) in [6.45, 7) is 15.3. The van der Waals surface area contributed by atoms with Crippen molar-refractivity contribution in [3.63, 3.8) is 0 Å². The van der Waals surface area contributed by atoms with Gasteiger partial charge in [-0.2, -0.15) is 0 Å². The first kappa shape index (κ1) is 24.8. The van der Waals surface area contributed by atoms with Gasteiger partial charge in [0.05, 0.1) is 0 Å². The molecule has 0 saturated heterocycles. The molecule has 0 nitrogen and oxygen atoms in total. The van der Waals surface area contributed by atoms with E-state index in [1.54, 1.807) is 13.3 Å². The van der Waals surface area contributed by atoms with Crippen molar-refractivity contribution in [2.75, 3.05) is 0 Å². The van der Waals surface area contributed by atoms with Gasteiger partial charge in [-0.05, 0) is 0 Å². The van der Waals surface area contributed by atoms with Crippen LogP contribution in [0.5, 0.6) is 0 Å². The van der Waals surface area contributed by atoms with Crippen LogP contribution in [0.25, 0.3) is 0 Å². The third-order valence-electron chi connectivity index (χ3n) is 6.90. The minimum atomic E-state index is -2.16. The maximum atomic E-state index is 2.87. The molecule has 0 aliphatic heterocycles. The Kier molecular flexibility index (Phi) is 12.5. The van der Waals surface area contributed by atoms with Crippen LogP contribution in [0.3, 0.4) is 0 Å². The molecule has 1 saturated carbocycles. The van der Waals surface area contributed by atoms with Gasteiger partial charge in [0.15, 0.2) is 0 Å². The third-order valence-corrected chi connectivity index (χ3v) is 36.4. The van der Waals surface area contributed by atoms with Crippen LogP contribution in [-0.2, 0) is 0 Å². The molecule has 0 aromatic carbocycles. The van der Waals surface area contributed by atoms with Crippen LogP contribution < -0.4 is 0 Å². The van der Waals surface area contributed by atoms with Gasteiger partial charge >= 0.3 is 172 Å². The monoisotopic (exact) mass is 486 g/mol. The summed E-state index contributed by atoms with van der Waals surface area (Å²) in [4.78, 5) is 0. The van der Waals surface area contributed by atoms with E-state index in [0.717, 1.165) is 9.48 Å². The van der Waals surface area contributed by atoms with Crippen LogP contribution in [0.15, 0.2) is 12.2 Å². The molecule has 0 radical (unpaired) electrons. The number of rotatable bonds is 13. The Morgan fingerprint density at radius 2 is 1.27 bits per heavy atom. The molecule has 0 aromatic rings. The first-order valence-electron chi connectivity index (χ1n) is 12.1. The molecular formula is C24H50SiSn. The summed E-state index contributed by atoms with van der Waals surface area (Å²) in [6, 6.07) is 0. The van der Waals surface area contributed by atoms with E-state index in [1.807, 2.05) is 0 Å². The van der Waals surface area contributed by atoms with Crippen molar-refractivity contribution in [1.82, 2.24) is 0 Å². The average Bonchev–Trinajstić information content (AvgIpc) is 2.62. The third kappa shape index (κ3) is 8.41. The van der Waals surface area contributed by atoms with Crippen LogP contribution in [0.2, 0.25) is 36.5 Å². The van der Waals surface area contributed by atoms with Gasteiger partial charge in [0, 0.05) is 0 Å². The van der Waals surface area contributed by atoms with E-state index in [2.05, 4.69) is 52.6 Å². The van der Waals surface area contributed by atoms with Crippen molar-refractivity contribution in [1.29, 1.82) is 0 Å². The van der Waals surface area contributed by atoms with Crippen LogP contribution >= 0.6 is 0 Å². The summed E-state index contributed by atoms with van der Waals surface area (Å²) in [5, 5.41) is 0. The predicted octanol–water partition coefficient (Wildman–Crippen LogP) is 9.22. The molecule has 0 aromatic heterocycles. The van der Waals surface area contributed by atoms with Gasteiger partial charge in [0.1, 0.15) is 0 Å². The van der Waals surface area contributed by atoms with E-state index in [4.69, 9.17) is 0 Å². The Morgan fingerprint density at radius 3 is 1.65 bits per heavy atom. The van der Waals surface area contributed by atoms with E-state index in [0.29, 0.717) is 0 Å². The predicted molar refractivity (Wildman–Crippen MR) is 128 cm³/mol. The Labute approximate surface area is 171 Å². The molecule has 154 valence electrons. The fourth-order valence-corrected chi connectivity index (χ4v) is 41.9. The van der Waals surface area contributed by atoms with Gasteiger partial charge in [0.2, 0.25) is 0 Å². The molecule has 0 amide bonds. The van der Waals surface area contributed by atoms with E-state index in [-0.39, 0.29) is 0 Å². The zero-order valence-electron chi connectivity index (χ0n) is 19.2. The number of unbranched alkanes of at least 4 members (excludes halogenated alkanes) is 3. The Hall–Kier alpha value is 0.756. The standard InChI is InChI=1S/C12H23Si.3C4H9.Sn/c1-13(2,3)11-7-10-12-8-5-4-6-9-12;3*1-3-4-2;/h7,10-12H,4-6,8-9H2,1-3H3;3*1,3-4H2,2H3;/b10-7+;;;;. The number of allylic oxidation sites excluding steroid dienone is 2. The zero-order chi connectivity index (χ0) is 19.5. The Bertz CT molecular complexity index is 354. The first-order chi connectivity index (χ1) is 12.4. The van der Waals surface area contributed by atoms with Crippen molar-refractivity contribution in [2.45, 2.75) is 128 Å². The fraction of sp³-hybridized carbons (Fsp3) is 0.917. The molecule has 1 atom stereocenters. The number of hydrogen-bond acceptors (Lipinski definition) is 0. The topological polar surface area (TPSA) is 0 Å². The van der Waals surface area contributed by atoms with E-state index in [1.165, 1.54) is 70.6 Å². The van der Waals surface area contributed by atoms with E-state index < -0.39 is 26.5 Å². The quantitative estimate of drug-likeness (QED) is 0.180. The summed E-state index contributed by atoms with van der Waals surface area (Å²) in [7, 11) is -1.15. The maximum absolute atomic E-state index is 2.87. The molecule has 1 fully saturated rings. The fourth-order valence-electron chi connectivity index (χ4n) is 5.43. The van der Waals surface area contributed by atoms with E-state index in [9.17, 15) is 0 Å². The van der Waals surface area contributed by atoms with E-state index >= 15 is 0 Å². The second-order valence-electron chi connectivity index (χ2n) is 10.3.